The lowest BCUT2D eigenvalue weighted by atomic mass is 9.84. The summed E-state index contributed by atoms with van der Waals surface area (Å²) in [6.07, 6.45) is 2.39. The number of sulfonamides is 1. The van der Waals surface area contributed by atoms with Crippen molar-refractivity contribution in [3.8, 4) is 0 Å². The molecular weight excluding hydrogens is 366 g/mol. The summed E-state index contributed by atoms with van der Waals surface area (Å²) in [6.45, 7) is 5.75. The van der Waals surface area contributed by atoms with Crippen molar-refractivity contribution in [1.29, 1.82) is 0 Å². The standard InChI is InChI=1S/C19H27N3O4S/c1-2-27(24,25)21-7-13-5-15(10-21)18-4-3-14(19(23)22(18)8-13)9-20-11-17-6-16(20)12-26-17/h3-4,13,15-17H,2,5-12H2,1H3/t13-,15+,16+,17+/m0/s1. The van der Waals surface area contributed by atoms with E-state index in [1.165, 1.54) is 0 Å². The number of aromatic nitrogens is 1. The topological polar surface area (TPSA) is 71.9 Å². The molecule has 0 amide bonds. The van der Waals surface area contributed by atoms with Crippen molar-refractivity contribution >= 4 is 10.0 Å². The highest BCUT2D eigenvalue weighted by Gasteiger charge is 2.40. The van der Waals surface area contributed by atoms with E-state index in [-0.39, 0.29) is 23.1 Å². The number of nitrogens with zero attached hydrogens (tertiary/aromatic N) is 3. The first-order valence-electron chi connectivity index (χ1n) is 10.0. The summed E-state index contributed by atoms with van der Waals surface area (Å²) >= 11 is 0. The fourth-order valence-electron chi connectivity index (χ4n) is 5.37. The zero-order valence-corrected chi connectivity index (χ0v) is 16.5. The van der Waals surface area contributed by atoms with Crippen LogP contribution in [-0.4, -0.2) is 66.3 Å². The zero-order valence-electron chi connectivity index (χ0n) is 15.7. The number of hydrogen-bond donors (Lipinski definition) is 0. The van der Waals surface area contributed by atoms with Crippen LogP contribution in [-0.2, 0) is 27.8 Å². The van der Waals surface area contributed by atoms with Crippen molar-refractivity contribution in [3.05, 3.63) is 33.7 Å². The Labute approximate surface area is 160 Å². The van der Waals surface area contributed by atoms with Crippen LogP contribution in [0.3, 0.4) is 0 Å². The third kappa shape index (κ3) is 2.97. The molecule has 0 aromatic carbocycles. The van der Waals surface area contributed by atoms with E-state index in [0.717, 1.165) is 37.3 Å². The van der Waals surface area contributed by atoms with Gasteiger partial charge in [-0.05, 0) is 31.7 Å². The van der Waals surface area contributed by atoms with Crippen LogP contribution >= 0.6 is 0 Å². The highest BCUT2D eigenvalue weighted by atomic mass is 32.2. The number of morpholine rings is 1. The van der Waals surface area contributed by atoms with Gasteiger partial charge in [0.1, 0.15) is 0 Å². The summed E-state index contributed by atoms with van der Waals surface area (Å²) in [7, 11) is -3.18. The molecule has 4 aliphatic heterocycles. The van der Waals surface area contributed by atoms with Crippen molar-refractivity contribution < 1.29 is 13.2 Å². The molecule has 0 saturated carbocycles. The SMILES string of the molecule is CCS(=O)(=O)N1C[C@@H]2C[C@H](C1)c1ccc(CN3C[C@H]4C[C@@H]3CO4)c(=O)n1C2. The molecule has 0 spiro atoms. The Kier molecular flexibility index (Phi) is 4.23. The highest BCUT2D eigenvalue weighted by Crippen LogP contribution is 2.36. The quantitative estimate of drug-likeness (QED) is 0.749. The molecule has 5 rings (SSSR count). The molecule has 27 heavy (non-hydrogen) atoms. The van der Waals surface area contributed by atoms with Gasteiger partial charge in [-0.15, -0.1) is 0 Å². The second kappa shape index (κ2) is 6.40. The molecule has 0 radical (unpaired) electrons. The maximum atomic E-state index is 13.1. The Morgan fingerprint density at radius 3 is 2.70 bits per heavy atom. The second-order valence-electron chi connectivity index (χ2n) is 8.49. The van der Waals surface area contributed by atoms with Gasteiger partial charge in [0.05, 0.1) is 18.5 Å². The van der Waals surface area contributed by atoms with E-state index < -0.39 is 10.0 Å². The molecule has 8 heteroatoms. The third-order valence-corrected chi connectivity index (χ3v) is 8.61. The van der Waals surface area contributed by atoms with E-state index in [4.69, 9.17) is 4.74 Å². The van der Waals surface area contributed by atoms with Crippen LogP contribution in [0.5, 0.6) is 0 Å². The van der Waals surface area contributed by atoms with Crippen molar-refractivity contribution in [2.45, 2.75) is 50.9 Å². The first kappa shape index (κ1) is 17.8. The van der Waals surface area contributed by atoms with Gasteiger partial charge in [-0.25, -0.2) is 12.7 Å². The van der Waals surface area contributed by atoms with Crippen LogP contribution in [0.15, 0.2) is 16.9 Å². The predicted octanol–water partition coefficient (Wildman–Crippen LogP) is 0.590. The Hall–Kier alpha value is -1.22. The van der Waals surface area contributed by atoms with E-state index in [2.05, 4.69) is 11.0 Å². The third-order valence-electron chi connectivity index (χ3n) is 6.80. The van der Waals surface area contributed by atoms with Crippen molar-refractivity contribution in [1.82, 2.24) is 13.8 Å². The largest absolute Gasteiger partial charge is 0.375 e. The van der Waals surface area contributed by atoms with E-state index in [9.17, 15) is 13.2 Å². The van der Waals surface area contributed by atoms with Crippen molar-refractivity contribution in [2.75, 3.05) is 32.0 Å². The van der Waals surface area contributed by atoms with Gasteiger partial charge >= 0.3 is 0 Å². The van der Waals surface area contributed by atoms with Crippen LogP contribution in [0.4, 0.5) is 0 Å². The number of pyridine rings is 1. The first-order valence-corrected chi connectivity index (χ1v) is 11.6. The Bertz CT molecular complexity index is 912. The monoisotopic (exact) mass is 393 g/mol. The molecule has 7 nitrogen and oxygen atoms in total. The lowest BCUT2D eigenvalue weighted by molar-refractivity contribution is 0.0270. The molecule has 3 saturated heterocycles. The molecule has 0 unspecified atom stereocenters. The predicted molar refractivity (Wildman–Crippen MR) is 101 cm³/mol. The van der Waals surface area contributed by atoms with Crippen molar-refractivity contribution in [2.24, 2.45) is 5.92 Å². The maximum absolute atomic E-state index is 13.1. The number of piperidine rings is 1. The zero-order chi connectivity index (χ0) is 18.8. The van der Waals surface area contributed by atoms with Gasteiger partial charge in [-0.1, -0.05) is 6.07 Å². The molecule has 1 aromatic rings. The van der Waals surface area contributed by atoms with Gasteiger partial charge in [0, 0.05) is 55.9 Å². The normalized spacial score (nSPS) is 33.4. The van der Waals surface area contributed by atoms with E-state index in [0.29, 0.717) is 38.3 Å². The first-order chi connectivity index (χ1) is 12.9. The van der Waals surface area contributed by atoms with Crippen LogP contribution in [0, 0.1) is 5.92 Å². The second-order valence-corrected chi connectivity index (χ2v) is 10.7. The average Bonchev–Trinajstić information content (AvgIpc) is 3.27. The van der Waals surface area contributed by atoms with Crippen molar-refractivity contribution in [3.63, 3.8) is 0 Å². The Balaban J connectivity index is 1.41. The lowest BCUT2D eigenvalue weighted by Crippen LogP contribution is -2.50. The maximum Gasteiger partial charge on any atom is 0.255 e. The van der Waals surface area contributed by atoms with Gasteiger partial charge in [-0.2, -0.15) is 0 Å². The molecule has 4 bridgehead atoms. The number of likely N-dealkylation sites (tertiary alicyclic amines) is 1. The van der Waals surface area contributed by atoms with Gasteiger partial charge in [0.2, 0.25) is 10.0 Å². The number of rotatable bonds is 4. The van der Waals surface area contributed by atoms with Gasteiger partial charge in [0.25, 0.3) is 5.56 Å². The lowest BCUT2D eigenvalue weighted by Gasteiger charge is -2.42. The summed E-state index contributed by atoms with van der Waals surface area (Å²) in [4.78, 5) is 15.5. The number of ether oxygens (including phenoxy) is 1. The average molecular weight is 394 g/mol. The summed E-state index contributed by atoms with van der Waals surface area (Å²) in [6, 6.07) is 4.47. The smallest absolute Gasteiger partial charge is 0.255 e. The van der Waals surface area contributed by atoms with Gasteiger partial charge in [-0.3, -0.25) is 9.69 Å². The molecule has 0 N–H and O–H groups in total. The molecule has 1 aromatic heterocycles. The summed E-state index contributed by atoms with van der Waals surface area (Å²) < 4.78 is 33.9. The van der Waals surface area contributed by atoms with Crippen LogP contribution in [0.25, 0.3) is 0 Å². The summed E-state index contributed by atoms with van der Waals surface area (Å²) in [5, 5.41) is 0. The number of fused-ring (bicyclic) bond motifs is 6. The van der Waals surface area contributed by atoms with Gasteiger partial charge < -0.3 is 9.30 Å². The van der Waals surface area contributed by atoms with E-state index in [1.807, 2.05) is 10.6 Å². The fourth-order valence-corrected chi connectivity index (χ4v) is 6.58. The minimum Gasteiger partial charge on any atom is -0.375 e. The van der Waals surface area contributed by atoms with E-state index in [1.54, 1.807) is 11.2 Å². The summed E-state index contributed by atoms with van der Waals surface area (Å²) in [5.74, 6) is 0.485. The highest BCUT2D eigenvalue weighted by molar-refractivity contribution is 7.89. The van der Waals surface area contributed by atoms with Crippen LogP contribution in [0.2, 0.25) is 0 Å². The Morgan fingerprint density at radius 2 is 2.00 bits per heavy atom. The molecular formula is C19H27N3O4S. The minimum atomic E-state index is -3.18. The Morgan fingerprint density at radius 1 is 1.15 bits per heavy atom. The fraction of sp³-hybridized carbons (Fsp3) is 0.737. The van der Waals surface area contributed by atoms with Crippen LogP contribution in [0.1, 0.15) is 36.9 Å². The van der Waals surface area contributed by atoms with Gasteiger partial charge in [0.15, 0.2) is 0 Å². The molecule has 4 atom stereocenters. The van der Waals surface area contributed by atoms with E-state index >= 15 is 0 Å². The minimum absolute atomic E-state index is 0.109. The summed E-state index contributed by atoms with van der Waals surface area (Å²) in [5.41, 5.74) is 1.96. The van der Waals surface area contributed by atoms with Crippen LogP contribution < -0.4 is 5.56 Å². The molecule has 4 aliphatic rings. The number of hydrogen-bond acceptors (Lipinski definition) is 5. The molecule has 148 valence electrons. The molecule has 5 heterocycles. The molecule has 0 aliphatic carbocycles. The molecule has 3 fully saturated rings.